The molecule has 19 heavy (non-hydrogen) atoms. The summed E-state index contributed by atoms with van der Waals surface area (Å²) >= 11 is 5.36. The Kier molecular flexibility index (Phi) is 4.99. The van der Waals surface area contributed by atoms with E-state index < -0.39 is 0 Å². The lowest BCUT2D eigenvalue weighted by Crippen LogP contribution is -2.52. The fraction of sp³-hybridized carbons (Fsp3) is 0.600. The average molecular weight is 343 g/mol. The van der Waals surface area contributed by atoms with Gasteiger partial charge in [-0.3, -0.25) is 4.90 Å². The van der Waals surface area contributed by atoms with Crippen LogP contribution in [0, 0.1) is 5.41 Å². The Labute approximate surface area is 129 Å². The van der Waals surface area contributed by atoms with Crippen molar-refractivity contribution in [3.63, 3.8) is 0 Å². The van der Waals surface area contributed by atoms with Crippen LogP contribution in [0.1, 0.15) is 25.8 Å². The first kappa shape index (κ1) is 15.4. The summed E-state index contributed by atoms with van der Waals surface area (Å²) in [7, 11) is 0. The van der Waals surface area contributed by atoms with Crippen LogP contribution >= 0.6 is 27.7 Å². The van der Waals surface area contributed by atoms with Gasteiger partial charge in [-0.25, -0.2) is 0 Å². The number of hydrogen-bond donors (Lipinski definition) is 1. The molecule has 0 bridgehead atoms. The predicted octanol–water partition coefficient (Wildman–Crippen LogP) is 3.73. The molecule has 1 atom stereocenters. The third kappa shape index (κ3) is 3.75. The molecular formula is C15H23BrN2S. The van der Waals surface area contributed by atoms with Crippen LogP contribution in [0.3, 0.4) is 0 Å². The third-order valence-electron chi connectivity index (χ3n) is 4.03. The van der Waals surface area contributed by atoms with Crippen LogP contribution in [-0.2, 0) is 6.54 Å². The van der Waals surface area contributed by atoms with E-state index in [1.807, 2.05) is 11.8 Å². The molecule has 106 valence electrons. The van der Waals surface area contributed by atoms with Crippen molar-refractivity contribution in [3.05, 3.63) is 28.2 Å². The van der Waals surface area contributed by atoms with Crippen molar-refractivity contribution in [2.24, 2.45) is 11.1 Å². The molecule has 1 aliphatic rings. The molecular weight excluding hydrogens is 320 g/mol. The molecule has 2 rings (SSSR count). The fourth-order valence-corrected chi connectivity index (χ4v) is 3.86. The maximum Gasteiger partial charge on any atom is 0.0245 e. The number of halogens is 1. The molecule has 1 aliphatic heterocycles. The van der Waals surface area contributed by atoms with Crippen molar-refractivity contribution < 1.29 is 0 Å². The lowest BCUT2D eigenvalue weighted by atomic mass is 9.79. The van der Waals surface area contributed by atoms with Gasteiger partial charge in [-0.1, -0.05) is 35.8 Å². The van der Waals surface area contributed by atoms with Gasteiger partial charge in [0, 0.05) is 35.0 Å². The molecule has 0 aromatic heterocycles. The van der Waals surface area contributed by atoms with Crippen molar-refractivity contribution in [2.75, 3.05) is 19.3 Å². The van der Waals surface area contributed by atoms with E-state index in [1.54, 1.807) is 0 Å². The zero-order chi connectivity index (χ0) is 14.0. The van der Waals surface area contributed by atoms with Crippen molar-refractivity contribution in [1.29, 1.82) is 0 Å². The van der Waals surface area contributed by atoms with E-state index in [2.05, 4.69) is 59.1 Å². The predicted molar refractivity (Wildman–Crippen MR) is 87.6 cm³/mol. The Morgan fingerprint density at radius 1 is 1.47 bits per heavy atom. The molecule has 0 saturated carbocycles. The first-order valence-corrected chi connectivity index (χ1v) is 8.74. The number of hydrogen-bond acceptors (Lipinski definition) is 3. The Morgan fingerprint density at radius 3 is 2.84 bits per heavy atom. The van der Waals surface area contributed by atoms with Crippen LogP contribution in [0.4, 0.5) is 0 Å². The first-order valence-electron chi connectivity index (χ1n) is 6.73. The summed E-state index contributed by atoms with van der Waals surface area (Å²) in [5.74, 6) is 0. The van der Waals surface area contributed by atoms with Gasteiger partial charge in [-0.05, 0) is 35.8 Å². The smallest absolute Gasteiger partial charge is 0.0245 e. The van der Waals surface area contributed by atoms with Gasteiger partial charge in [0.05, 0.1) is 0 Å². The van der Waals surface area contributed by atoms with E-state index in [0.717, 1.165) is 30.5 Å². The van der Waals surface area contributed by atoms with Gasteiger partial charge in [0.15, 0.2) is 0 Å². The van der Waals surface area contributed by atoms with Crippen molar-refractivity contribution in [2.45, 2.75) is 37.8 Å². The van der Waals surface area contributed by atoms with Gasteiger partial charge in [0.25, 0.3) is 0 Å². The molecule has 0 amide bonds. The quantitative estimate of drug-likeness (QED) is 0.848. The third-order valence-corrected chi connectivity index (χ3v) is 5.35. The monoisotopic (exact) mass is 342 g/mol. The van der Waals surface area contributed by atoms with Crippen molar-refractivity contribution in [1.82, 2.24) is 4.90 Å². The Morgan fingerprint density at radius 2 is 2.21 bits per heavy atom. The zero-order valence-corrected chi connectivity index (χ0v) is 14.4. The molecule has 1 aromatic carbocycles. The van der Waals surface area contributed by atoms with Gasteiger partial charge in [-0.15, -0.1) is 11.8 Å². The van der Waals surface area contributed by atoms with Gasteiger partial charge >= 0.3 is 0 Å². The number of piperidine rings is 1. The number of nitrogens with zero attached hydrogens (tertiary/aromatic N) is 1. The molecule has 0 aliphatic carbocycles. The summed E-state index contributed by atoms with van der Waals surface area (Å²) < 4.78 is 1.15. The van der Waals surface area contributed by atoms with E-state index in [1.165, 1.54) is 10.5 Å². The Hall–Kier alpha value is -0.0300. The number of nitrogens with two attached hydrogens (primary N) is 1. The Balaban J connectivity index is 2.10. The number of rotatable bonds is 3. The first-order chi connectivity index (χ1) is 8.92. The van der Waals surface area contributed by atoms with Crippen LogP contribution in [0.5, 0.6) is 0 Å². The summed E-state index contributed by atoms with van der Waals surface area (Å²) in [6, 6.07) is 6.91. The van der Waals surface area contributed by atoms with Crippen LogP contribution in [0.25, 0.3) is 0 Å². The Bertz CT molecular complexity index is 448. The maximum absolute atomic E-state index is 6.21. The van der Waals surface area contributed by atoms with Crippen molar-refractivity contribution in [3.8, 4) is 0 Å². The number of benzene rings is 1. The summed E-state index contributed by atoms with van der Waals surface area (Å²) in [5.41, 5.74) is 7.84. The van der Waals surface area contributed by atoms with Gasteiger partial charge < -0.3 is 5.73 Å². The van der Waals surface area contributed by atoms with Crippen LogP contribution in [0.15, 0.2) is 27.6 Å². The summed E-state index contributed by atoms with van der Waals surface area (Å²) in [6.45, 7) is 7.77. The van der Waals surface area contributed by atoms with E-state index >= 15 is 0 Å². The molecule has 0 spiro atoms. The molecule has 1 fully saturated rings. The highest BCUT2D eigenvalue weighted by molar-refractivity contribution is 9.10. The minimum absolute atomic E-state index is 0.215. The normalized spacial score (nSPS) is 23.5. The molecule has 1 unspecified atom stereocenters. The van der Waals surface area contributed by atoms with Crippen LogP contribution < -0.4 is 5.73 Å². The summed E-state index contributed by atoms with van der Waals surface area (Å²) in [6.07, 6.45) is 3.24. The van der Waals surface area contributed by atoms with E-state index in [-0.39, 0.29) is 5.41 Å². The number of thioether (sulfide) groups is 1. The van der Waals surface area contributed by atoms with E-state index in [9.17, 15) is 0 Å². The number of likely N-dealkylation sites (tertiary alicyclic amines) is 1. The SMILES string of the molecule is CSc1cc(Br)ccc1CN1CCC(N)C(C)(C)C1. The van der Waals surface area contributed by atoms with Gasteiger partial charge in [-0.2, -0.15) is 0 Å². The molecule has 1 saturated heterocycles. The highest BCUT2D eigenvalue weighted by Crippen LogP contribution is 2.31. The lowest BCUT2D eigenvalue weighted by molar-refractivity contribution is 0.0893. The fourth-order valence-electron chi connectivity index (χ4n) is 2.71. The highest BCUT2D eigenvalue weighted by atomic mass is 79.9. The zero-order valence-electron chi connectivity index (χ0n) is 11.9. The van der Waals surface area contributed by atoms with Crippen LogP contribution in [0.2, 0.25) is 0 Å². The topological polar surface area (TPSA) is 29.3 Å². The molecule has 2 nitrogen and oxygen atoms in total. The summed E-state index contributed by atoms with van der Waals surface area (Å²) in [4.78, 5) is 3.90. The minimum atomic E-state index is 0.215. The average Bonchev–Trinajstić information content (AvgIpc) is 2.35. The highest BCUT2D eigenvalue weighted by Gasteiger charge is 2.33. The standard InChI is InChI=1S/C15H23BrN2S/c1-15(2)10-18(7-6-14(15)17)9-11-4-5-12(16)8-13(11)19-3/h4-5,8,14H,6-7,9-10,17H2,1-3H3. The summed E-state index contributed by atoms with van der Waals surface area (Å²) in [5, 5.41) is 0. The van der Waals surface area contributed by atoms with Crippen molar-refractivity contribution >= 4 is 27.7 Å². The molecule has 1 heterocycles. The minimum Gasteiger partial charge on any atom is -0.327 e. The van der Waals surface area contributed by atoms with E-state index in [0.29, 0.717) is 6.04 Å². The molecule has 2 N–H and O–H groups in total. The maximum atomic E-state index is 6.21. The van der Waals surface area contributed by atoms with Gasteiger partial charge in [0.2, 0.25) is 0 Å². The molecule has 0 radical (unpaired) electrons. The molecule has 1 aromatic rings. The van der Waals surface area contributed by atoms with Gasteiger partial charge in [0.1, 0.15) is 0 Å². The second-order valence-electron chi connectivity index (χ2n) is 6.05. The van der Waals surface area contributed by atoms with E-state index in [4.69, 9.17) is 5.73 Å². The largest absolute Gasteiger partial charge is 0.327 e. The molecule has 4 heteroatoms. The van der Waals surface area contributed by atoms with Crippen LogP contribution in [-0.4, -0.2) is 30.3 Å². The second kappa shape index (κ2) is 6.17. The second-order valence-corrected chi connectivity index (χ2v) is 7.81. The lowest BCUT2D eigenvalue weighted by Gasteiger charge is -2.42.